The summed E-state index contributed by atoms with van der Waals surface area (Å²) in [7, 11) is -3.76. The van der Waals surface area contributed by atoms with Crippen LogP contribution in [0.2, 0.25) is 0 Å². The lowest BCUT2D eigenvalue weighted by Crippen LogP contribution is -2.15. The maximum atomic E-state index is 12.0. The minimum absolute atomic E-state index is 0.0564. The second-order valence-electron chi connectivity index (χ2n) is 4.83. The summed E-state index contributed by atoms with van der Waals surface area (Å²) in [6, 6.07) is 6.64. The van der Waals surface area contributed by atoms with Gasteiger partial charge in [-0.2, -0.15) is 8.42 Å². The highest BCUT2D eigenvalue weighted by molar-refractivity contribution is 7.86. The van der Waals surface area contributed by atoms with Crippen LogP contribution in [-0.4, -0.2) is 61.2 Å². The zero-order chi connectivity index (χ0) is 18.4. The number of hydrogen-bond acceptors (Lipinski definition) is 7. The molecule has 0 N–H and O–H groups in total. The van der Waals surface area contributed by atoms with E-state index in [2.05, 4.69) is 10.0 Å². The third-order valence-corrected chi connectivity index (χ3v) is 4.45. The van der Waals surface area contributed by atoms with Crippen LogP contribution < -0.4 is 0 Å². The van der Waals surface area contributed by atoms with E-state index in [0.717, 1.165) is 0 Å². The molecular weight excluding hydrogens is 350 g/mol. The minimum Gasteiger partial charge on any atom is -0.379 e. The van der Waals surface area contributed by atoms with Crippen LogP contribution in [0, 0.1) is 6.92 Å². The predicted molar refractivity (Wildman–Crippen MR) is 90.8 cm³/mol. The van der Waals surface area contributed by atoms with Crippen LogP contribution in [0.5, 0.6) is 0 Å². The number of rotatable bonds is 14. The van der Waals surface area contributed by atoms with Crippen LogP contribution in [0.3, 0.4) is 0 Å². The van der Waals surface area contributed by atoms with E-state index in [1.54, 1.807) is 25.1 Å². The van der Waals surface area contributed by atoms with Gasteiger partial charge in [0.1, 0.15) is 0 Å². The number of hydrogen-bond donors (Lipinski definition) is 0. The molecule has 0 heterocycles. The maximum Gasteiger partial charge on any atom is 0.297 e. The Balaban J connectivity index is 2.02. The van der Waals surface area contributed by atoms with Gasteiger partial charge in [-0.3, -0.25) is 4.18 Å². The summed E-state index contributed by atoms with van der Waals surface area (Å²) in [5.74, 6) is 0. The molecule has 0 aliphatic heterocycles. The van der Waals surface area contributed by atoms with Gasteiger partial charge in [-0.05, 0) is 24.1 Å². The Morgan fingerprint density at radius 2 is 1.52 bits per heavy atom. The summed E-state index contributed by atoms with van der Waals surface area (Å²) >= 11 is 0. The normalized spacial score (nSPS) is 11.2. The molecule has 0 bridgehead atoms. The molecule has 9 nitrogen and oxygen atoms in total. The molecule has 1 aromatic carbocycles. The fourth-order valence-corrected chi connectivity index (χ4v) is 2.92. The van der Waals surface area contributed by atoms with Gasteiger partial charge in [0.15, 0.2) is 0 Å². The molecule has 1 aromatic rings. The quantitative estimate of drug-likeness (QED) is 0.162. The van der Waals surface area contributed by atoms with Gasteiger partial charge < -0.3 is 14.2 Å². The van der Waals surface area contributed by atoms with E-state index in [1.807, 2.05) is 0 Å². The first-order valence-corrected chi connectivity index (χ1v) is 9.18. The van der Waals surface area contributed by atoms with Gasteiger partial charge in [0.05, 0.1) is 51.1 Å². The second kappa shape index (κ2) is 12.6. The van der Waals surface area contributed by atoms with E-state index < -0.39 is 10.1 Å². The van der Waals surface area contributed by atoms with Crippen molar-refractivity contribution < 1.29 is 26.8 Å². The Morgan fingerprint density at radius 1 is 0.960 bits per heavy atom. The Labute approximate surface area is 147 Å². The van der Waals surface area contributed by atoms with Crippen molar-refractivity contribution in [1.29, 1.82) is 0 Å². The summed E-state index contributed by atoms with van der Waals surface area (Å²) in [5.41, 5.74) is 8.70. The first-order chi connectivity index (χ1) is 12.1. The van der Waals surface area contributed by atoms with Gasteiger partial charge in [0, 0.05) is 11.5 Å². The maximum absolute atomic E-state index is 12.0. The fraction of sp³-hybridized carbons (Fsp3) is 0.600. The van der Waals surface area contributed by atoms with Crippen molar-refractivity contribution in [2.75, 3.05) is 52.8 Å². The lowest BCUT2D eigenvalue weighted by Gasteiger charge is -2.09. The second-order valence-corrected chi connectivity index (χ2v) is 6.42. The van der Waals surface area contributed by atoms with E-state index in [4.69, 9.17) is 23.9 Å². The largest absolute Gasteiger partial charge is 0.379 e. The topological polar surface area (TPSA) is 120 Å². The van der Waals surface area contributed by atoms with Crippen LogP contribution in [-0.2, 0) is 28.5 Å². The summed E-state index contributed by atoms with van der Waals surface area (Å²) in [4.78, 5) is 2.77. The SMILES string of the molecule is Cc1ccccc1S(=O)(=O)OCCOCCOCCOCCN=[N+]=[N-]. The van der Waals surface area contributed by atoms with Crippen molar-refractivity contribution >= 4 is 10.1 Å². The molecule has 0 aliphatic carbocycles. The van der Waals surface area contributed by atoms with E-state index in [-0.39, 0.29) is 18.1 Å². The van der Waals surface area contributed by atoms with E-state index in [1.165, 1.54) is 6.07 Å². The van der Waals surface area contributed by atoms with Gasteiger partial charge in [-0.1, -0.05) is 23.3 Å². The molecular formula is C15H23N3O6S. The molecule has 0 fully saturated rings. The van der Waals surface area contributed by atoms with Crippen LogP contribution >= 0.6 is 0 Å². The monoisotopic (exact) mass is 373 g/mol. The first kappa shape index (κ1) is 21.4. The standard InChI is InChI=1S/C15H23N3O6S/c1-14-4-2-3-5-15(14)25(19,20)24-13-12-23-11-10-22-9-8-21-7-6-17-18-16/h2-5H,6-13H2,1H3. The van der Waals surface area contributed by atoms with Crippen LogP contribution in [0.4, 0.5) is 0 Å². The van der Waals surface area contributed by atoms with Gasteiger partial charge in [-0.25, -0.2) is 0 Å². The molecule has 0 saturated heterocycles. The highest BCUT2D eigenvalue weighted by Crippen LogP contribution is 2.16. The van der Waals surface area contributed by atoms with Crippen LogP contribution in [0.1, 0.15) is 5.56 Å². The van der Waals surface area contributed by atoms with Crippen molar-refractivity contribution in [3.63, 3.8) is 0 Å². The van der Waals surface area contributed by atoms with Crippen molar-refractivity contribution in [1.82, 2.24) is 0 Å². The molecule has 0 unspecified atom stereocenters. The van der Waals surface area contributed by atoms with Crippen LogP contribution in [0.15, 0.2) is 34.3 Å². The van der Waals surface area contributed by atoms with Crippen molar-refractivity contribution in [2.45, 2.75) is 11.8 Å². The zero-order valence-corrected chi connectivity index (χ0v) is 15.0. The first-order valence-electron chi connectivity index (χ1n) is 7.77. The number of nitrogens with zero attached hydrogens (tertiary/aromatic N) is 3. The van der Waals surface area contributed by atoms with E-state index in [9.17, 15) is 8.42 Å². The summed E-state index contributed by atoms with van der Waals surface area (Å²) in [6.45, 7) is 3.95. The molecule has 0 aliphatic rings. The third-order valence-electron chi connectivity index (χ3n) is 2.97. The molecule has 0 amide bonds. The van der Waals surface area contributed by atoms with Crippen molar-refractivity contribution in [3.05, 3.63) is 40.3 Å². The lowest BCUT2D eigenvalue weighted by atomic mass is 10.2. The minimum atomic E-state index is -3.76. The number of aryl methyl sites for hydroxylation is 1. The highest BCUT2D eigenvalue weighted by atomic mass is 32.2. The Bertz CT molecular complexity index is 646. The molecule has 0 radical (unpaired) electrons. The fourth-order valence-electron chi connectivity index (χ4n) is 1.80. The van der Waals surface area contributed by atoms with E-state index in [0.29, 0.717) is 45.1 Å². The molecule has 140 valence electrons. The Kier molecular flexibility index (Phi) is 10.8. The Morgan fingerprint density at radius 3 is 2.12 bits per heavy atom. The van der Waals surface area contributed by atoms with Gasteiger partial charge in [0.2, 0.25) is 0 Å². The van der Waals surface area contributed by atoms with Crippen molar-refractivity contribution in [2.24, 2.45) is 5.11 Å². The Hall–Kier alpha value is -1.68. The zero-order valence-electron chi connectivity index (χ0n) is 14.2. The summed E-state index contributed by atoms with van der Waals surface area (Å²) < 4.78 is 44.6. The predicted octanol–water partition coefficient (Wildman–Crippen LogP) is 2.06. The summed E-state index contributed by atoms with van der Waals surface area (Å²) in [5, 5.41) is 3.33. The average Bonchev–Trinajstić information content (AvgIpc) is 2.59. The number of ether oxygens (including phenoxy) is 3. The summed E-state index contributed by atoms with van der Waals surface area (Å²) in [6.07, 6.45) is 0. The molecule has 0 aromatic heterocycles. The van der Waals surface area contributed by atoms with Gasteiger partial charge in [-0.15, -0.1) is 0 Å². The number of benzene rings is 1. The molecule has 0 spiro atoms. The molecule has 1 rings (SSSR count). The molecule has 10 heteroatoms. The molecule has 0 atom stereocenters. The highest BCUT2D eigenvalue weighted by Gasteiger charge is 2.16. The lowest BCUT2D eigenvalue weighted by molar-refractivity contribution is 0.0109. The average molecular weight is 373 g/mol. The van der Waals surface area contributed by atoms with Crippen LogP contribution in [0.25, 0.3) is 10.4 Å². The van der Waals surface area contributed by atoms with E-state index >= 15 is 0 Å². The van der Waals surface area contributed by atoms with Gasteiger partial charge in [0.25, 0.3) is 10.1 Å². The molecule has 25 heavy (non-hydrogen) atoms. The van der Waals surface area contributed by atoms with Gasteiger partial charge >= 0.3 is 0 Å². The molecule has 0 saturated carbocycles. The smallest absolute Gasteiger partial charge is 0.297 e. The number of azide groups is 1. The van der Waals surface area contributed by atoms with Crippen molar-refractivity contribution in [3.8, 4) is 0 Å². The third kappa shape index (κ3) is 9.40.